The number of ketones is 1. The number of rotatable bonds is 2. The Kier molecular flexibility index (Phi) is 2.39. The van der Waals surface area contributed by atoms with Crippen molar-refractivity contribution in [3.63, 3.8) is 0 Å². The van der Waals surface area contributed by atoms with Crippen molar-refractivity contribution >= 4 is 5.78 Å². The topological polar surface area (TPSA) is 46.5 Å². The highest BCUT2D eigenvalue weighted by molar-refractivity contribution is 5.81. The van der Waals surface area contributed by atoms with E-state index in [0.29, 0.717) is 37.1 Å². The van der Waals surface area contributed by atoms with E-state index in [-0.39, 0.29) is 12.0 Å². The normalized spacial score (nSPS) is 44.0. The Balaban J connectivity index is 2.05. The molecule has 1 N–H and O–H groups in total. The van der Waals surface area contributed by atoms with Gasteiger partial charge in [-0.25, -0.2) is 0 Å². The fraction of sp³-hybridized carbons (Fsp3) is 0.900. The van der Waals surface area contributed by atoms with Crippen molar-refractivity contribution in [2.24, 2.45) is 17.8 Å². The summed E-state index contributed by atoms with van der Waals surface area (Å²) in [6.07, 6.45) is 1.89. The molecule has 0 amide bonds. The Morgan fingerprint density at radius 2 is 2.31 bits per heavy atom. The minimum absolute atomic E-state index is 0.196. The van der Waals surface area contributed by atoms with Crippen LogP contribution in [0.2, 0.25) is 0 Å². The van der Waals surface area contributed by atoms with Crippen LogP contribution in [0.1, 0.15) is 19.3 Å². The van der Waals surface area contributed by atoms with Crippen molar-refractivity contribution in [1.82, 2.24) is 0 Å². The lowest BCUT2D eigenvalue weighted by molar-refractivity contribution is -0.118. The number of carbonyl (C=O) groups is 1. The fourth-order valence-electron chi connectivity index (χ4n) is 2.91. The van der Waals surface area contributed by atoms with Gasteiger partial charge in [0.05, 0.1) is 12.7 Å². The molecule has 0 radical (unpaired) electrons. The molecule has 4 unspecified atom stereocenters. The first-order valence-electron chi connectivity index (χ1n) is 4.91. The maximum Gasteiger partial charge on any atom is 0.133 e. The molecular formula is C10H16O3. The summed E-state index contributed by atoms with van der Waals surface area (Å²) in [5.41, 5.74) is 0. The molecule has 0 saturated heterocycles. The van der Waals surface area contributed by atoms with Gasteiger partial charge in [-0.3, -0.25) is 4.79 Å². The highest BCUT2D eigenvalue weighted by Gasteiger charge is 2.47. The molecule has 13 heavy (non-hydrogen) atoms. The van der Waals surface area contributed by atoms with Crippen molar-refractivity contribution < 1.29 is 14.6 Å². The third-order valence-corrected chi connectivity index (χ3v) is 3.51. The van der Waals surface area contributed by atoms with Gasteiger partial charge < -0.3 is 9.84 Å². The molecule has 0 aliphatic heterocycles. The lowest BCUT2D eigenvalue weighted by atomic mass is 9.92. The van der Waals surface area contributed by atoms with E-state index >= 15 is 0 Å². The average molecular weight is 184 g/mol. The lowest BCUT2D eigenvalue weighted by Crippen LogP contribution is -2.24. The predicted octanol–water partition coefficient (Wildman–Crippen LogP) is 0.609. The number of aliphatic hydroxyl groups is 1. The van der Waals surface area contributed by atoms with Gasteiger partial charge in [-0.1, -0.05) is 0 Å². The molecule has 0 aromatic heterocycles. The second-order valence-electron chi connectivity index (χ2n) is 4.29. The number of carbonyl (C=O) groups excluding carboxylic acids is 1. The number of aliphatic hydroxyl groups excluding tert-OH is 1. The van der Waals surface area contributed by atoms with Gasteiger partial charge >= 0.3 is 0 Å². The molecule has 0 aromatic carbocycles. The molecular weight excluding hydrogens is 168 g/mol. The standard InChI is InChI=1S/C10H16O3/c1-13-5-9-8-4-7(11)2-6(8)3-10(9)12/h6,8-10,12H,2-5H2,1H3. The Hall–Kier alpha value is -0.410. The number of fused-ring (bicyclic) bond motifs is 1. The highest BCUT2D eigenvalue weighted by atomic mass is 16.5. The summed E-state index contributed by atoms with van der Waals surface area (Å²) in [5, 5.41) is 9.72. The molecule has 4 atom stereocenters. The van der Waals surface area contributed by atoms with Crippen LogP contribution in [0.4, 0.5) is 0 Å². The second-order valence-corrected chi connectivity index (χ2v) is 4.29. The largest absolute Gasteiger partial charge is 0.393 e. The fourth-order valence-corrected chi connectivity index (χ4v) is 2.91. The van der Waals surface area contributed by atoms with Gasteiger partial charge in [-0.2, -0.15) is 0 Å². The SMILES string of the molecule is COCC1C(O)CC2CC(=O)CC21. The molecule has 0 bridgehead atoms. The summed E-state index contributed by atoms with van der Waals surface area (Å²) in [6, 6.07) is 0. The molecule has 0 spiro atoms. The van der Waals surface area contributed by atoms with E-state index in [9.17, 15) is 9.90 Å². The first kappa shape index (κ1) is 9.16. The summed E-state index contributed by atoms with van der Waals surface area (Å²) in [7, 11) is 1.65. The number of methoxy groups -OCH3 is 1. The quantitative estimate of drug-likeness (QED) is 0.684. The van der Waals surface area contributed by atoms with Crippen LogP contribution < -0.4 is 0 Å². The minimum Gasteiger partial charge on any atom is -0.393 e. The van der Waals surface area contributed by atoms with Crippen LogP contribution in [0.3, 0.4) is 0 Å². The molecule has 2 aliphatic rings. The number of hydrogen-bond acceptors (Lipinski definition) is 3. The number of hydrogen-bond donors (Lipinski definition) is 1. The van der Waals surface area contributed by atoms with Crippen molar-refractivity contribution in [2.45, 2.75) is 25.4 Å². The molecule has 0 aromatic rings. The summed E-state index contributed by atoms with van der Waals surface area (Å²) in [5.74, 6) is 1.38. The van der Waals surface area contributed by atoms with Crippen molar-refractivity contribution in [2.75, 3.05) is 13.7 Å². The van der Waals surface area contributed by atoms with E-state index in [0.717, 1.165) is 6.42 Å². The van der Waals surface area contributed by atoms with Crippen LogP contribution in [-0.4, -0.2) is 30.7 Å². The Morgan fingerprint density at radius 3 is 3.00 bits per heavy atom. The van der Waals surface area contributed by atoms with Crippen LogP contribution in [0.25, 0.3) is 0 Å². The number of ether oxygens (including phenoxy) is 1. The van der Waals surface area contributed by atoms with Crippen molar-refractivity contribution in [3.8, 4) is 0 Å². The van der Waals surface area contributed by atoms with Crippen molar-refractivity contribution in [3.05, 3.63) is 0 Å². The van der Waals surface area contributed by atoms with Gasteiger partial charge in [0, 0.05) is 25.9 Å². The summed E-state index contributed by atoms with van der Waals surface area (Å²) in [4.78, 5) is 11.2. The zero-order valence-electron chi connectivity index (χ0n) is 7.90. The molecule has 2 aliphatic carbocycles. The van der Waals surface area contributed by atoms with E-state index in [1.165, 1.54) is 0 Å². The first-order chi connectivity index (χ1) is 6.22. The maximum absolute atomic E-state index is 11.2. The van der Waals surface area contributed by atoms with Gasteiger partial charge in [0.25, 0.3) is 0 Å². The van der Waals surface area contributed by atoms with Gasteiger partial charge in [-0.05, 0) is 18.3 Å². The zero-order valence-corrected chi connectivity index (χ0v) is 7.90. The first-order valence-corrected chi connectivity index (χ1v) is 4.91. The Bertz CT molecular complexity index is 214. The monoisotopic (exact) mass is 184 g/mol. The van der Waals surface area contributed by atoms with Crippen molar-refractivity contribution in [1.29, 1.82) is 0 Å². The van der Waals surface area contributed by atoms with Crippen LogP contribution in [0.5, 0.6) is 0 Å². The molecule has 74 valence electrons. The Labute approximate surface area is 78.1 Å². The zero-order chi connectivity index (χ0) is 9.42. The minimum atomic E-state index is -0.247. The van der Waals surface area contributed by atoms with E-state index in [1.54, 1.807) is 7.11 Å². The van der Waals surface area contributed by atoms with Crippen LogP contribution in [0, 0.1) is 17.8 Å². The van der Waals surface area contributed by atoms with E-state index in [2.05, 4.69) is 0 Å². The van der Waals surface area contributed by atoms with Gasteiger partial charge in [-0.15, -0.1) is 0 Å². The van der Waals surface area contributed by atoms with Crippen LogP contribution in [0.15, 0.2) is 0 Å². The third kappa shape index (κ3) is 1.51. The molecule has 3 nitrogen and oxygen atoms in total. The van der Waals surface area contributed by atoms with Gasteiger partial charge in [0.1, 0.15) is 5.78 Å². The van der Waals surface area contributed by atoms with E-state index in [4.69, 9.17) is 4.74 Å². The highest BCUT2D eigenvalue weighted by Crippen LogP contribution is 2.46. The summed E-state index contributed by atoms with van der Waals surface area (Å²) < 4.78 is 5.07. The summed E-state index contributed by atoms with van der Waals surface area (Å²) >= 11 is 0. The number of Topliss-reactive ketones (excluding diaryl/α,β-unsaturated/α-hetero) is 1. The summed E-state index contributed by atoms with van der Waals surface area (Å²) in [6.45, 7) is 0.593. The molecule has 0 heterocycles. The predicted molar refractivity (Wildman–Crippen MR) is 47.2 cm³/mol. The Morgan fingerprint density at radius 1 is 1.54 bits per heavy atom. The molecule has 2 saturated carbocycles. The van der Waals surface area contributed by atoms with E-state index < -0.39 is 0 Å². The average Bonchev–Trinajstić information content (AvgIpc) is 2.52. The smallest absolute Gasteiger partial charge is 0.133 e. The lowest BCUT2D eigenvalue weighted by Gasteiger charge is -2.18. The second kappa shape index (κ2) is 3.39. The molecule has 2 rings (SSSR count). The van der Waals surface area contributed by atoms with Crippen LogP contribution >= 0.6 is 0 Å². The van der Waals surface area contributed by atoms with E-state index in [1.807, 2.05) is 0 Å². The van der Waals surface area contributed by atoms with Gasteiger partial charge in [0.2, 0.25) is 0 Å². The third-order valence-electron chi connectivity index (χ3n) is 3.51. The van der Waals surface area contributed by atoms with Crippen LogP contribution in [-0.2, 0) is 9.53 Å². The maximum atomic E-state index is 11.2. The molecule has 3 heteroatoms. The van der Waals surface area contributed by atoms with Gasteiger partial charge in [0.15, 0.2) is 0 Å². The molecule has 2 fully saturated rings.